The minimum absolute atomic E-state index is 0.0590. The Morgan fingerprint density at radius 3 is 2.38 bits per heavy atom. The van der Waals surface area contributed by atoms with Gasteiger partial charge < -0.3 is 0 Å². The van der Waals surface area contributed by atoms with Crippen molar-refractivity contribution in [2.75, 3.05) is 25.9 Å². The van der Waals surface area contributed by atoms with E-state index in [4.69, 9.17) is 0 Å². The van der Waals surface area contributed by atoms with Crippen molar-refractivity contribution in [3.63, 3.8) is 0 Å². The second-order valence-corrected chi connectivity index (χ2v) is 9.79. The Kier molecular flexibility index (Phi) is 5.79. The summed E-state index contributed by atoms with van der Waals surface area (Å²) >= 11 is 0. The van der Waals surface area contributed by atoms with Crippen molar-refractivity contribution in [2.45, 2.75) is 24.7 Å². The van der Waals surface area contributed by atoms with Crippen molar-refractivity contribution in [2.24, 2.45) is 5.92 Å². The smallest absolute Gasteiger partial charge is 0.240 e. The van der Waals surface area contributed by atoms with E-state index in [1.54, 1.807) is 6.07 Å². The van der Waals surface area contributed by atoms with Crippen LogP contribution in [0, 0.1) is 5.92 Å². The molecule has 1 heterocycles. The second-order valence-electron chi connectivity index (χ2n) is 6.04. The van der Waals surface area contributed by atoms with E-state index in [2.05, 4.69) is 4.72 Å². The highest BCUT2D eigenvalue weighted by Crippen LogP contribution is 2.19. The maximum atomic E-state index is 12.3. The molecule has 0 aliphatic carbocycles. The first kappa shape index (κ1) is 19.0. The fourth-order valence-electron chi connectivity index (χ4n) is 2.64. The Bertz CT molecular complexity index is 810. The Hall–Kier alpha value is -1.29. The van der Waals surface area contributed by atoms with Crippen LogP contribution in [0.3, 0.4) is 0 Å². The number of Topliss-reactive ketones (excluding diaryl/α,β-unsaturated/α-hetero) is 1. The van der Waals surface area contributed by atoms with E-state index in [0.717, 1.165) is 0 Å². The van der Waals surface area contributed by atoms with Crippen molar-refractivity contribution in [1.29, 1.82) is 0 Å². The zero-order valence-electron chi connectivity index (χ0n) is 13.7. The van der Waals surface area contributed by atoms with Gasteiger partial charge in [0.25, 0.3) is 0 Å². The molecule has 0 saturated carbocycles. The molecule has 1 saturated heterocycles. The number of hydrogen-bond donors (Lipinski definition) is 1. The van der Waals surface area contributed by atoms with Crippen molar-refractivity contribution in [1.82, 2.24) is 9.03 Å². The number of benzene rings is 1. The van der Waals surface area contributed by atoms with E-state index in [1.807, 2.05) is 0 Å². The van der Waals surface area contributed by atoms with E-state index in [-0.39, 0.29) is 23.1 Å². The molecule has 134 valence electrons. The summed E-state index contributed by atoms with van der Waals surface area (Å²) in [4.78, 5) is 11.4. The van der Waals surface area contributed by atoms with Crippen LogP contribution in [0.1, 0.15) is 30.1 Å². The van der Waals surface area contributed by atoms with E-state index in [1.165, 1.54) is 35.7 Å². The molecule has 1 fully saturated rings. The fraction of sp³-hybridized carbons (Fsp3) is 0.533. The first-order chi connectivity index (χ1) is 11.1. The summed E-state index contributed by atoms with van der Waals surface area (Å²) in [5.41, 5.74) is 0.347. The van der Waals surface area contributed by atoms with Crippen LogP contribution in [0.4, 0.5) is 0 Å². The van der Waals surface area contributed by atoms with Crippen LogP contribution in [0.25, 0.3) is 0 Å². The average molecular weight is 374 g/mol. The van der Waals surface area contributed by atoms with Gasteiger partial charge in [0.2, 0.25) is 20.0 Å². The molecule has 1 N–H and O–H groups in total. The minimum Gasteiger partial charge on any atom is -0.295 e. The molecule has 0 bridgehead atoms. The first-order valence-corrected chi connectivity index (χ1v) is 11.0. The molecule has 1 aliphatic heterocycles. The molecule has 9 heteroatoms. The summed E-state index contributed by atoms with van der Waals surface area (Å²) in [6.45, 7) is 2.45. The van der Waals surface area contributed by atoms with E-state index in [9.17, 15) is 21.6 Å². The number of nitrogens with one attached hydrogen (secondary N) is 1. The summed E-state index contributed by atoms with van der Waals surface area (Å²) in [5, 5.41) is 0. The molecule has 0 spiro atoms. The molecule has 1 aliphatic rings. The number of carbonyl (C=O) groups excluding carboxylic acids is 1. The Morgan fingerprint density at radius 2 is 1.83 bits per heavy atom. The third-order valence-corrected chi connectivity index (χ3v) is 6.88. The number of nitrogens with zero attached hydrogens (tertiary/aromatic N) is 1. The predicted octanol–water partition coefficient (Wildman–Crippen LogP) is 0.839. The Morgan fingerprint density at radius 1 is 1.21 bits per heavy atom. The number of ketones is 1. The Labute approximate surface area is 143 Å². The molecule has 0 aromatic heterocycles. The highest BCUT2D eigenvalue weighted by Gasteiger charge is 2.26. The van der Waals surface area contributed by atoms with Crippen LogP contribution >= 0.6 is 0 Å². The van der Waals surface area contributed by atoms with Crippen molar-refractivity contribution >= 4 is 25.8 Å². The fourth-order valence-corrected chi connectivity index (χ4v) is 4.67. The van der Waals surface area contributed by atoms with Gasteiger partial charge in [-0.1, -0.05) is 12.1 Å². The summed E-state index contributed by atoms with van der Waals surface area (Å²) in [7, 11) is -6.88. The first-order valence-electron chi connectivity index (χ1n) is 7.65. The molecule has 0 unspecified atom stereocenters. The molecule has 1 aromatic rings. The van der Waals surface area contributed by atoms with Gasteiger partial charge in [-0.15, -0.1) is 0 Å². The number of sulfonamides is 2. The monoisotopic (exact) mass is 374 g/mol. The quantitative estimate of drug-likeness (QED) is 0.744. The van der Waals surface area contributed by atoms with Crippen LogP contribution in [-0.4, -0.2) is 52.8 Å². The minimum atomic E-state index is -3.69. The topological polar surface area (TPSA) is 101 Å². The van der Waals surface area contributed by atoms with Crippen LogP contribution in [0.2, 0.25) is 0 Å². The molecular weight excluding hydrogens is 352 g/mol. The second kappa shape index (κ2) is 7.30. The lowest BCUT2D eigenvalue weighted by atomic mass is 9.99. The molecule has 24 heavy (non-hydrogen) atoms. The third kappa shape index (κ3) is 4.85. The van der Waals surface area contributed by atoms with Crippen LogP contribution in [0.5, 0.6) is 0 Å². The third-order valence-electron chi connectivity index (χ3n) is 4.16. The number of piperidine rings is 1. The van der Waals surface area contributed by atoms with Crippen molar-refractivity contribution < 1.29 is 21.6 Å². The van der Waals surface area contributed by atoms with Crippen LogP contribution < -0.4 is 4.72 Å². The summed E-state index contributed by atoms with van der Waals surface area (Å²) in [6.07, 6.45) is 2.41. The van der Waals surface area contributed by atoms with E-state index >= 15 is 0 Å². The Balaban J connectivity index is 1.97. The zero-order valence-corrected chi connectivity index (χ0v) is 15.4. The van der Waals surface area contributed by atoms with Crippen molar-refractivity contribution in [3.8, 4) is 0 Å². The van der Waals surface area contributed by atoms with Gasteiger partial charge in [-0.3, -0.25) is 4.79 Å². The van der Waals surface area contributed by atoms with Gasteiger partial charge in [-0.05, 0) is 37.8 Å². The van der Waals surface area contributed by atoms with Gasteiger partial charge >= 0.3 is 0 Å². The highest BCUT2D eigenvalue weighted by atomic mass is 32.2. The van der Waals surface area contributed by atoms with Gasteiger partial charge in [0, 0.05) is 25.2 Å². The van der Waals surface area contributed by atoms with E-state index in [0.29, 0.717) is 31.5 Å². The lowest BCUT2D eigenvalue weighted by Crippen LogP contribution is -2.41. The highest BCUT2D eigenvalue weighted by molar-refractivity contribution is 7.89. The zero-order chi connectivity index (χ0) is 18.0. The molecule has 7 nitrogen and oxygen atoms in total. The average Bonchev–Trinajstić information content (AvgIpc) is 2.53. The molecule has 0 atom stereocenters. The van der Waals surface area contributed by atoms with E-state index < -0.39 is 20.0 Å². The van der Waals surface area contributed by atoms with Gasteiger partial charge in [-0.2, -0.15) is 0 Å². The van der Waals surface area contributed by atoms with Crippen molar-refractivity contribution in [3.05, 3.63) is 29.8 Å². The number of rotatable bonds is 6. The lowest BCUT2D eigenvalue weighted by molar-refractivity contribution is 0.101. The maximum Gasteiger partial charge on any atom is 0.240 e. The predicted molar refractivity (Wildman–Crippen MR) is 90.8 cm³/mol. The molecular formula is C15H22N2O5S2. The van der Waals surface area contributed by atoms with Gasteiger partial charge in [0.1, 0.15) is 0 Å². The van der Waals surface area contributed by atoms with Gasteiger partial charge in [0.05, 0.1) is 11.2 Å². The lowest BCUT2D eigenvalue weighted by Gasteiger charge is -2.30. The standard InChI is InChI=1S/C15H22N2O5S2/c1-12(18)14-4-3-5-15(10-14)24(21,22)16-11-13-6-8-17(9-7-13)23(2,19)20/h3-5,10,13,16H,6-9,11H2,1-2H3. The maximum absolute atomic E-state index is 12.3. The summed E-state index contributed by atoms with van der Waals surface area (Å²) < 4.78 is 51.6. The SMILES string of the molecule is CC(=O)c1cccc(S(=O)(=O)NCC2CCN(S(C)(=O)=O)CC2)c1. The summed E-state index contributed by atoms with van der Waals surface area (Å²) in [6, 6.07) is 5.91. The van der Waals surface area contributed by atoms with Gasteiger partial charge in [0.15, 0.2) is 5.78 Å². The van der Waals surface area contributed by atoms with Gasteiger partial charge in [-0.25, -0.2) is 25.9 Å². The normalized spacial score (nSPS) is 17.8. The summed E-state index contributed by atoms with van der Waals surface area (Å²) in [5.74, 6) is -0.103. The molecule has 2 rings (SSSR count). The van der Waals surface area contributed by atoms with Crippen LogP contribution in [0.15, 0.2) is 29.2 Å². The molecule has 1 aromatic carbocycles. The number of hydrogen-bond acceptors (Lipinski definition) is 5. The van der Waals surface area contributed by atoms with Crippen LogP contribution in [-0.2, 0) is 20.0 Å². The molecule has 0 amide bonds. The molecule has 0 radical (unpaired) electrons. The number of carbonyl (C=O) groups is 1. The largest absolute Gasteiger partial charge is 0.295 e.